The maximum Gasteiger partial charge on any atom is 0.302 e. The van der Waals surface area contributed by atoms with Gasteiger partial charge in [-0.05, 0) is 12.1 Å². The molecule has 0 bridgehead atoms. The molecule has 0 spiro atoms. The van der Waals surface area contributed by atoms with Crippen molar-refractivity contribution in [3.8, 4) is 0 Å². The first-order valence-electron chi connectivity index (χ1n) is 6.64. The summed E-state index contributed by atoms with van der Waals surface area (Å²) in [6, 6.07) is 3.80. The average molecular weight is 281 g/mol. The second-order valence-electron chi connectivity index (χ2n) is 4.88. The van der Waals surface area contributed by atoms with E-state index in [1.165, 1.54) is 13.8 Å². The third-order valence-electron chi connectivity index (χ3n) is 3.13. The Morgan fingerprint density at radius 2 is 2.15 bits per heavy atom. The molecule has 1 fully saturated rings. The first-order valence-corrected chi connectivity index (χ1v) is 6.64. The molecule has 6 heteroatoms. The maximum absolute atomic E-state index is 11.1. The predicted molar refractivity (Wildman–Crippen MR) is 69.8 cm³/mol. The fourth-order valence-corrected chi connectivity index (χ4v) is 2.36. The van der Waals surface area contributed by atoms with Crippen molar-refractivity contribution in [2.75, 3.05) is 6.61 Å². The number of ether oxygens (including phenoxy) is 3. The van der Waals surface area contributed by atoms with E-state index in [0.29, 0.717) is 12.8 Å². The second-order valence-corrected chi connectivity index (χ2v) is 4.88. The zero-order chi connectivity index (χ0) is 14.5. The van der Waals surface area contributed by atoms with E-state index in [4.69, 9.17) is 14.2 Å². The molecular weight excluding hydrogens is 262 g/mol. The van der Waals surface area contributed by atoms with Crippen molar-refractivity contribution in [1.82, 2.24) is 4.98 Å². The topological polar surface area (TPSA) is 77.6 Å². The van der Waals surface area contributed by atoms with E-state index in [1.807, 2.05) is 18.3 Å². The highest BCUT2D eigenvalue weighted by molar-refractivity contribution is 5.66. The summed E-state index contributed by atoms with van der Waals surface area (Å²) in [7, 11) is 0. The molecule has 0 aliphatic carbocycles. The van der Waals surface area contributed by atoms with Gasteiger partial charge in [0.2, 0.25) is 0 Å². The molecule has 110 valence electrons. The molecule has 2 rings (SSSR count). The van der Waals surface area contributed by atoms with Gasteiger partial charge in [-0.25, -0.2) is 0 Å². The van der Waals surface area contributed by atoms with Crippen LogP contribution in [0.2, 0.25) is 0 Å². The Bertz CT molecular complexity index is 456. The van der Waals surface area contributed by atoms with Crippen molar-refractivity contribution in [3.63, 3.8) is 0 Å². The van der Waals surface area contributed by atoms with E-state index < -0.39 is 0 Å². The molecule has 1 aliphatic heterocycles. The van der Waals surface area contributed by atoms with Gasteiger partial charge in [-0.1, -0.05) is 0 Å². The minimum absolute atomic E-state index is 0.171. The fraction of sp³-hybridized carbons (Fsp3) is 0.571. The summed E-state index contributed by atoms with van der Waals surface area (Å²) in [5.74, 6) is -0.659. The van der Waals surface area contributed by atoms with Crippen molar-refractivity contribution in [2.24, 2.45) is 0 Å². The molecule has 20 heavy (non-hydrogen) atoms. The first kappa shape index (κ1) is 14.6. The molecule has 0 aromatic carbocycles. The van der Waals surface area contributed by atoms with Gasteiger partial charge in [0.1, 0.15) is 18.8 Å². The third kappa shape index (κ3) is 4.09. The van der Waals surface area contributed by atoms with Crippen molar-refractivity contribution in [2.45, 2.75) is 45.0 Å². The molecule has 2 heterocycles. The summed E-state index contributed by atoms with van der Waals surface area (Å²) in [4.78, 5) is 25.1. The van der Waals surface area contributed by atoms with E-state index in [-0.39, 0.29) is 36.9 Å². The van der Waals surface area contributed by atoms with Gasteiger partial charge < -0.3 is 19.2 Å². The van der Waals surface area contributed by atoms with Crippen LogP contribution >= 0.6 is 0 Å². The molecule has 1 saturated heterocycles. The minimum Gasteiger partial charge on any atom is -0.463 e. The van der Waals surface area contributed by atoms with Crippen molar-refractivity contribution in [3.05, 3.63) is 24.0 Å². The predicted octanol–water partition coefficient (Wildman–Crippen LogP) is 1.73. The fourth-order valence-electron chi connectivity index (χ4n) is 2.36. The van der Waals surface area contributed by atoms with Gasteiger partial charge in [0.15, 0.2) is 0 Å². The highest BCUT2D eigenvalue weighted by Crippen LogP contribution is 2.32. The Kier molecular flexibility index (Phi) is 4.79. The van der Waals surface area contributed by atoms with Gasteiger partial charge in [-0.15, -0.1) is 0 Å². The van der Waals surface area contributed by atoms with E-state index in [2.05, 4.69) is 4.98 Å². The number of esters is 2. The zero-order valence-corrected chi connectivity index (χ0v) is 11.6. The number of hydrogen-bond donors (Lipinski definition) is 1. The molecule has 1 aliphatic rings. The minimum atomic E-state index is -0.348. The lowest BCUT2D eigenvalue weighted by atomic mass is 9.99. The van der Waals surface area contributed by atoms with Crippen LogP contribution in [0.1, 0.15) is 38.5 Å². The average Bonchev–Trinajstić information content (AvgIpc) is 2.89. The lowest BCUT2D eigenvalue weighted by molar-refractivity contribution is -0.170. The molecule has 3 atom stereocenters. The third-order valence-corrected chi connectivity index (χ3v) is 3.13. The van der Waals surface area contributed by atoms with E-state index in [9.17, 15) is 9.59 Å². The van der Waals surface area contributed by atoms with Crippen LogP contribution in [0.3, 0.4) is 0 Å². The number of carbonyl (C=O) groups excluding carboxylic acids is 2. The van der Waals surface area contributed by atoms with Crippen LogP contribution in [-0.4, -0.2) is 35.7 Å². The molecular formula is C14H19NO5. The highest BCUT2D eigenvalue weighted by atomic mass is 16.6. The quantitative estimate of drug-likeness (QED) is 0.850. The molecule has 3 unspecified atom stereocenters. The van der Waals surface area contributed by atoms with Gasteiger partial charge >= 0.3 is 11.9 Å². The largest absolute Gasteiger partial charge is 0.463 e. The SMILES string of the molecule is CC(=O)OCC1CC(OC(C)=O)CC(c2ccc[nH]2)O1. The Labute approximate surface area is 117 Å². The normalized spacial score (nSPS) is 26.0. The molecule has 0 radical (unpaired) electrons. The van der Waals surface area contributed by atoms with E-state index in [0.717, 1.165) is 5.69 Å². The molecule has 0 amide bonds. The van der Waals surface area contributed by atoms with E-state index in [1.54, 1.807) is 0 Å². The molecule has 6 nitrogen and oxygen atoms in total. The molecule has 1 N–H and O–H groups in total. The Morgan fingerprint density at radius 1 is 1.35 bits per heavy atom. The molecule has 0 saturated carbocycles. The van der Waals surface area contributed by atoms with Crippen LogP contribution in [0.5, 0.6) is 0 Å². The van der Waals surface area contributed by atoms with Crippen LogP contribution in [0.4, 0.5) is 0 Å². The summed E-state index contributed by atoms with van der Waals surface area (Å²) >= 11 is 0. The molecule has 1 aromatic rings. The molecule has 1 aromatic heterocycles. The number of nitrogens with one attached hydrogen (secondary N) is 1. The number of aromatic amines is 1. The Balaban J connectivity index is 2.01. The number of rotatable bonds is 4. The summed E-state index contributed by atoms with van der Waals surface area (Å²) in [5, 5.41) is 0. The smallest absolute Gasteiger partial charge is 0.302 e. The standard InChI is InChI=1S/C14H19NO5/c1-9(16)18-8-12-6-11(19-10(2)17)7-14(20-12)13-4-3-5-15-13/h3-5,11-12,14-15H,6-8H2,1-2H3. The summed E-state index contributed by atoms with van der Waals surface area (Å²) in [6.45, 7) is 2.92. The van der Waals surface area contributed by atoms with Crippen molar-refractivity contribution >= 4 is 11.9 Å². The van der Waals surface area contributed by atoms with Gasteiger partial charge in [-0.2, -0.15) is 0 Å². The van der Waals surface area contributed by atoms with Gasteiger partial charge in [-0.3, -0.25) is 9.59 Å². The number of aromatic nitrogens is 1. The number of carbonyl (C=O) groups is 2. The van der Waals surface area contributed by atoms with Crippen molar-refractivity contribution < 1.29 is 23.8 Å². The van der Waals surface area contributed by atoms with Gasteiger partial charge in [0, 0.05) is 38.6 Å². The van der Waals surface area contributed by atoms with Crippen LogP contribution in [-0.2, 0) is 23.8 Å². The van der Waals surface area contributed by atoms with E-state index >= 15 is 0 Å². The van der Waals surface area contributed by atoms with Crippen LogP contribution in [0.15, 0.2) is 18.3 Å². The summed E-state index contributed by atoms with van der Waals surface area (Å²) in [5.41, 5.74) is 0.926. The van der Waals surface area contributed by atoms with Crippen molar-refractivity contribution in [1.29, 1.82) is 0 Å². The number of hydrogen-bond acceptors (Lipinski definition) is 5. The number of H-pyrrole nitrogens is 1. The second kappa shape index (κ2) is 6.56. The van der Waals surface area contributed by atoms with Gasteiger partial charge in [0.05, 0.1) is 6.10 Å². The van der Waals surface area contributed by atoms with Gasteiger partial charge in [0.25, 0.3) is 0 Å². The Morgan fingerprint density at radius 3 is 2.75 bits per heavy atom. The lowest BCUT2D eigenvalue weighted by Gasteiger charge is -2.34. The highest BCUT2D eigenvalue weighted by Gasteiger charge is 2.33. The van der Waals surface area contributed by atoms with Crippen LogP contribution < -0.4 is 0 Å². The Hall–Kier alpha value is -1.82. The summed E-state index contributed by atoms with van der Waals surface area (Å²) < 4.78 is 16.2. The first-order chi connectivity index (χ1) is 9.54. The zero-order valence-electron chi connectivity index (χ0n) is 11.6. The monoisotopic (exact) mass is 281 g/mol. The lowest BCUT2D eigenvalue weighted by Crippen LogP contribution is -2.36. The summed E-state index contributed by atoms with van der Waals surface area (Å²) in [6.07, 6.45) is 2.25. The maximum atomic E-state index is 11.1. The van der Waals surface area contributed by atoms with Crippen LogP contribution in [0, 0.1) is 0 Å². The van der Waals surface area contributed by atoms with Crippen LogP contribution in [0.25, 0.3) is 0 Å².